The van der Waals surface area contributed by atoms with Crippen LogP contribution < -0.4 is 5.73 Å². The Hall–Kier alpha value is -0.755. The minimum absolute atomic E-state index is 0.341. The van der Waals surface area contributed by atoms with Gasteiger partial charge in [0.2, 0.25) is 0 Å². The fourth-order valence-corrected chi connectivity index (χ4v) is 0.675. The maximum Gasteiger partial charge on any atom is 0.0968 e. The Morgan fingerprint density at radius 1 is 1.22 bits per heavy atom. The van der Waals surface area contributed by atoms with Crippen molar-refractivity contribution in [3.05, 3.63) is 35.9 Å². The van der Waals surface area contributed by atoms with E-state index in [1.165, 1.54) is 0 Å². The molecule has 0 heterocycles. The minimum atomic E-state index is -0.341. The van der Waals surface area contributed by atoms with Gasteiger partial charge in [0.05, 0.1) is 7.85 Å². The van der Waals surface area contributed by atoms with Crippen molar-refractivity contribution in [2.45, 2.75) is 5.94 Å². The highest BCUT2D eigenvalue weighted by Crippen LogP contribution is 2.03. The molecule has 1 unspecified atom stereocenters. The number of hydrogen-bond donors (Lipinski definition) is 1. The molecule has 9 heavy (non-hydrogen) atoms. The van der Waals surface area contributed by atoms with Gasteiger partial charge in [-0.3, -0.25) is 0 Å². The average Bonchev–Trinajstić information content (AvgIpc) is 1.90. The van der Waals surface area contributed by atoms with Crippen molar-refractivity contribution in [2.75, 3.05) is 0 Å². The Balaban J connectivity index is 2.85. The summed E-state index contributed by atoms with van der Waals surface area (Å²) in [6.07, 6.45) is 0. The molecule has 1 aromatic rings. The van der Waals surface area contributed by atoms with E-state index in [1.54, 1.807) is 0 Å². The molecule has 0 amide bonds. The van der Waals surface area contributed by atoms with Crippen LogP contribution in [0.1, 0.15) is 11.5 Å². The highest BCUT2D eigenvalue weighted by Gasteiger charge is 1.93. The summed E-state index contributed by atoms with van der Waals surface area (Å²) in [4.78, 5) is 0. The SMILES string of the molecule is [B]C(N)c1ccccc1. The second-order valence-electron chi connectivity index (χ2n) is 1.94. The van der Waals surface area contributed by atoms with Gasteiger partial charge < -0.3 is 5.73 Å². The van der Waals surface area contributed by atoms with Gasteiger partial charge in [0.15, 0.2) is 0 Å². The van der Waals surface area contributed by atoms with Crippen LogP contribution in [0.3, 0.4) is 0 Å². The lowest BCUT2D eigenvalue weighted by atomic mass is 9.90. The molecule has 1 atom stereocenters. The van der Waals surface area contributed by atoms with E-state index in [1.807, 2.05) is 30.3 Å². The van der Waals surface area contributed by atoms with E-state index in [9.17, 15) is 0 Å². The van der Waals surface area contributed by atoms with Crippen LogP contribution in [-0.2, 0) is 0 Å². The molecule has 2 heteroatoms. The van der Waals surface area contributed by atoms with Crippen molar-refractivity contribution in [3.63, 3.8) is 0 Å². The van der Waals surface area contributed by atoms with E-state index in [2.05, 4.69) is 0 Å². The second-order valence-corrected chi connectivity index (χ2v) is 1.94. The van der Waals surface area contributed by atoms with Crippen LogP contribution in [-0.4, -0.2) is 7.85 Å². The number of rotatable bonds is 1. The maximum atomic E-state index is 5.39. The summed E-state index contributed by atoms with van der Waals surface area (Å²) in [5.41, 5.74) is 6.36. The van der Waals surface area contributed by atoms with Gasteiger partial charge in [-0.05, 0) is 11.5 Å². The zero-order chi connectivity index (χ0) is 6.69. The van der Waals surface area contributed by atoms with Crippen LogP contribution >= 0.6 is 0 Å². The molecule has 0 aliphatic carbocycles. The van der Waals surface area contributed by atoms with E-state index in [0.29, 0.717) is 0 Å². The first-order valence-corrected chi connectivity index (χ1v) is 2.87. The molecule has 0 aliphatic rings. The quantitative estimate of drug-likeness (QED) is 0.541. The average molecular weight is 117 g/mol. The van der Waals surface area contributed by atoms with E-state index < -0.39 is 0 Å². The number of benzene rings is 1. The molecular formula is C7H8BN. The molecule has 0 saturated heterocycles. The summed E-state index contributed by atoms with van der Waals surface area (Å²) in [7, 11) is 5.39. The highest BCUT2D eigenvalue weighted by atomic mass is 14.6. The molecule has 2 radical (unpaired) electrons. The van der Waals surface area contributed by atoms with Crippen molar-refractivity contribution >= 4 is 7.85 Å². The van der Waals surface area contributed by atoms with Gasteiger partial charge in [0, 0.05) is 0 Å². The van der Waals surface area contributed by atoms with Crippen LogP contribution in [0.5, 0.6) is 0 Å². The smallest absolute Gasteiger partial charge is 0.0968 e. The fraction of sp³-hybridized carbons (Fsp3) is 0.143. The lowest BCUT2D eigenvalue weighted by Crippen LogP contribution is -2.08. The van der Waals surface area contributed by atoms with E-state index in [-0.39, 0.29) is 5.94 Å². The third-order valence-corrected chi connectivity index (χ3v) is 1.18. The molecule has 0 bridgehead atoms. The van der Waals surface area contributed by atoms with Gasteiger partial charge in [-0.1, -0.05) is 30.3 Å². The number of hydrogen-bond acceptors (Lipinski definition) is 1. The first-order valence-electron chi connectivity index (χ1n) is 2.87. The van der Waals surface area contributed by atoms with Crippen LogP contribution in [0.2, 0.25) is 0 Å². The van der Waals surface area contributed by atoms with Crippen molar-refractivity contribution in [1.29, 1.82) is 0 Å². The fourth-order valence-electron chi connectivity index (χ4n) is 0.675. The molecule has 0 aliphatic heterocycles. The molecular weight excluding hydrogens is 109 g/mol. The largest absolute Gasteiger partial charge is 0.332 e. The molecule has 44 valence electrons. The molecule has 1 nitrogen and oxygen atoms in total. The summed E-state index contributed by atoms with van der Waals surface area (Å²) >= 11 is 0. The van der Waals surface area contributed by atoms with Gasteiger partial charge in [0.1, 0.15) is 0 Å². The molecule has 1 aromatic carbocycles. The van der Waals surface area contributed by atoms with Crippen LogP contribution in [0.25, 0.3) is 0 Å². The van der Waals surface area contributed by atoms with E-state index >= 15 is 0 Å². The highest BCUT2D eigenvalue weighted by molar-refractivity contribution is 6.11. The van der Waals surface area contributed by atoms with Crippen LogP contribution in [0.15, 0.2) is 30.3 Å². The molecule has 2 N–H and O–H groups in total. The summed E-state index contributed by atoms with van der Waals surface area (Å²) in [6.45, 7) is 0. The van der Waals surface area contributed by atoms with Crippen molar-refractivity contribution < 1.29 is 0 Å². The number of nitrogens with two attached hydrogens (primary N) is 1. The van der Waals surface area contributed by atoms with Crippen molar-refractivity contribution in [1.82, 2.24) is 0 Å². The summed E-state index contributed by atoms with van der Waals surface area (Å²) < 4.78 is 0. The van der Waals surface area contributed by atoms with Gasteiger partial charge in [0.25, 0.3) is 0 Å². The second kappa shape index (κ2) is 2.69. The molecule has 0 saturated carbocycles. The topological polar surface area (TPSA) is 26.0 Å². The monoisotopic (exact) mass is 117 g/mol. The molecule has 0 aromatic heterocycles. The lowest BCUT2D eigenvalue weighted by molar-refractivity contribution is 1.02. The predicted octanol–water partition coefficient (Wildman–Crippen LogP) is 0.812. The van der Waals surface area contributed by atoms with Crippen molar-refractivity contribution in [3.8, 4) is 0 Å². The lowest BCUT2D eigenvalue weighted by Gasteiger charge is -2.02. The van der Waals surface area contributed by atoms with Crippen LogP contribution in [0.4, 0.5) is 0 Å². The molecule has 0 fully saturated rings. The third kappa shape index (κ3) is 1.58. The predicted molar refractivity (Wildman–Crippen MR) is 39.1 cm³/mol. The summed E-state index contributed by atoms with van der Waals surface area (Å²) in [6, 6.07) is 9.59. The van der Waals surface area contributed by atoms with Crippen molar-refractivity contribution in [2.24, 2.45) is 5.73 Å². The van der Waals surface area contributed by atoms with E-state index in [4.69, 9.17) is 13.6 Å². The Morgan fingerprint density at radius 3 is 2.11 bits per heavy atom. The van der Waals surface area contributed by atoms with Gasteiger partial charge in [-0.15, -0.1) is 0 Å². The van der Waals surface area contributed by atoms with Gasteiger partial charge in [-0.2, -0.15) is 0 Å². The Kier molecular flexibility index (Phi) is 1.90. The summed E-state index contributed by atoms with van der Waals surface area (Å²) in [5, 5.41) is 0. The first kappa shape index (κ1) is 6.37. The van der Waals surface area contributed by atoms with E-state index in [0.717, 1.165) is 5.56 Å². The zero-order valence-electron chi connectivity index (χ0n) is 5.12. The Bertz CT molecular complexity index is 172. The molecule has 0 spiro atoms. The van der Waals surface area contributed by atoms with Crippen LogP contribution in [0, 0.1) is 0 Å². The molecule has 1 rings (SSSR count). The normalized spacial score (nSPS) is 13.0. The Morgan fingerprint density at radius 2 is 1.78 bits per heavy atom. The van der Waals surface area contributed by atoms with Gasteiger partial charge >= 0.3 is 0 Å². The third-order valence-electron chi connectivity index (χ3n) is 1.18. The summed E-state index contributed by atoms with van der Waals surface area (Å²) in [5.74, 6) is -0.341. The zero-order valence-corrected chi connectivity index (χ0v) is 5.12. The standard InChI is InChI=1S/C7H8BN/c8-7(9)6-4-2-1-3-5-6/h1-5,7H,9H2. The first-order chi connectivity index (χ1) is 4.30. The van der Waals surface area contributed by atoms with Gasteiger partial charge in [-0.25, -0.2) is 0 Å². The Labute approximate surface area is 56.3 Å². The maximum absolute atomic E-state index is 5.39. The minimum Gasteiger partial charge on any atom is -0.332 e.